The molecule has 2 heterocycles. The highest BCUT2D eigenvalue weighted by molar-refractivity contribution is 6.30. The number of amides is 2. The van der Waals surface area contributed by atoms with Crippen LogP contribution in [0.5, 0.6) is 0 Å². The summed E-state index contributed by atoms with van der Waals surface area (Å²) < 4.78 is 14.3. The van der Waals surface area contributed by atoms with E-state index < -0.39 is 0 Å². The van der Waals surface area contributed by atoms with Gasteiger partial charge in [0.05, 0.1) is 11.6 Å². The van der Waals surface area contributed by atoms with Crippen LogP contribution in [0.2, 0.25) is 5.02 Å². The molecule has 1 saturated heterocycles. The van der Waals surface area contributed by atoms with E-state index in [4.69, 9.17) is 16.9 Å². The Labute approximate surface area is 203 Å². The minimum atomic E-state index is -0.280. The Bertz CT molecular complexity index is 1250. The summed E-state index contributed by atoms with van der Waals surface area (Å²) in [6, 6.07) is 21.3. The quantitative estimate of drug-likeness (QED) is 0.511. The molecule has 5 rings (SSSR count). The highest BCUT2D eigenvalue weighted by Gasteiger charge is 2.46. The Kier molecular flexibility index (Phi) is 5.99. The van der Waals surface area contributed by atoms with Crippen LogP contribution in [0.3, 0.4) is 0 Å². The smallest absolute Gasteiger partial charge is 0.308 e. The highest BCUT2D eigenvalue weighted by atomic mass is 35.5. The topological polar surface area (TPSA) is 59.4 Å². The lowest BCUT2D eigenvalue weighted by Gasteiger charge is -2.40. The molecule has 3 aromatic carbocycles. The first-order valence-corrected chi connectivity index (χ1v) is 11.7. The predicted octanol–water partition coefficient (Wildman–Crippen LogP) is 5.94. The van der Waals surface area contributed by atoms with E-state index in [2.05, 4.69) is 16.3 Å². The fraction of sp³-hybridized carbons (Fsp3) is 0.259. The summed E-state index contributed by atoms with van der Waals surface area (Å²) in [7, 11) is 0. The molecule has 1 N–H and O–H groups in total. The predicted molar refractivity (Wildman–Crippen MR) is 132 cm³/mol. The van der Waals surface area contributed by atoms with Gasteiger partial charge in [-0.25, -0.2) is 9.18 Å². The number of piperidine rings is 1. The van der Waals surface area contributed by atoms with Crippen LogP contribution < -0.4 is 10.2 Å². The number of halogens is 2. The summed E-state index contributed by atoms with van der Waals surface area (Å²) in [5, 5.41) is 12.5. The van der Waals surface area contributed by atoms with Crippen molar-refractivity contribution < 1.29 is 9.18 Å². The zero-order valence-electron chi connectivity index (χ0n) is 18.6. The molecule has 0 aromatic heterocycles. The number of nitrogens with one attached hydrogen (secondary N) is 1. The van der Waals surface area contributed by atoms with Gasteiger partial charge in [0.25, 0.3) is 0 Å². The normalized spacial score (nSPS) is 16.8. The van der Waals surface area contributed by atoms with Crippen molar-refractivity contribution in [3.63, 3.8) is 0 Å². The summed E-state index contributed by atoms with van der Waals surface area (Å²) in [6.07, 6.45) is 1.68. The molecule has 0 radical (unpaired) electrons. The number of anilines is 2. The van der Waals surface area contributed by atoms with Crippen molar-refractivity contribution in [1.82, 2.24) is 4.90 Å². The third-order valence-electron chi connectivity index (χ3n) is 6.92. The van der Waals surface area contributed by atoms with E-state index in [0.717, 1.165) is 49.3 Å². The van der Waals surface area contributed by atoms with Crippen LogP contribution in [0.15, 0.2) is 66.7 Å². The number of hydrogen-bond donors (Lipinski definition) is 1. The summed E-state index contributed by atoms with van der Waals surface area (Å²) in [6.45, 7) is 3.03. The van der Waals surface area contributed by atoms with Gasteiger partial charge in [0.1, 0.15) is 5.82 Å². The first-order chi connectivity index (χ1) is 16.5. The Morgan fingerprint density at radius 1 is 1.06 bits per heavy atom. The number of rotatable bonds is 3. The number of nitrogens with zero attached hydrogens (tertiary/aromatic N) is 3. The fourth-order valence-electron chi connectivity index (χ4n) is 5.06. The molecule has 2 amide bonds. The van der Waals surface area contributed by atoms with Gasteiger partial charge in [0.2, 0.25) is 0 Å². The molecule has 0 atom stereocenters. The molecule has 2 aliphatic heterocycles. The minimum absolute atomic E-state index is 0.230. The second-order valence-corrected chi connectivity index (χ2v) is 9.49. The number of benzene rings is 3. The number of fused-ring (bicyclic) bond motifs is 2. The molecule has 0 unspecified atom stereocenters. The van der Waals surface area contributed by atoms with E-state index in [1.165, 1.54) is 6.07 Å². The Morgan fingerprint density at radius 2 is 1.76 bits per heavy atom. The molecule has 0 bridgehead atoms. The van der Waals surface area contributed by atoms with Crippen LogP contribution >= 0.6 is 11.6 Å². The number of likely N-dealkylation sites (tertiary alicyclic amines) is 1. The van der Waals surface area contributed by atoms with Crippen LogP contribution in [0.1, 0.15) is 29.5 Å². The number of urea groups is 1. The summed E-state index contributed by atoms with van der Waals surface area (Å²) in [5.41, 5.74) is 3.90. The lowest BCUT2D eigenvalue weighted by atomic mass is 9.74. The number of hydrogen-bond acceptors (Lipinski definition) is 3. The molecule has 34 heavy (non-hydrogen) atoms. The molecule has 0 aliphatic carbocycles. The molecule has 172 valence electrons. The third kappa shape index (κ3) is 4.37. The van der Waals surface area contributed by atoms with E-state index in [9.17, 15) is 9.18 Å². The van der Waals surface area contributed by atoms with Gasteiger partial charge < -0.3 is 5.32 Å². The second kappa shape index (κ2) is 9.09. The molecule has 5 nitrogen and oxygen atoms in total. The van der Waals surface area contributed by atoms with Gasteiger partial charge >= 0.3 is 6.03 Å². The second-order valence-electron chi connectivity index (χ2n) is 9.05. The molecule has 3 aromatic rings. The number of nitriles is 1. The van der Waals surface area contributed by atoms with Crippen molar-refractivity contribution in [1.29, 1.82) is 5.26 Å². The maximum atomic E-state index is 14.3. The zero-order valence-corrected chi connectivity index (χ0v) is 19.4. The molecule has 2 aliphatic rings. The van der Waals surface area contributed by atoms with E-state index in [1.54, 1.807) is 41.3 Å². The van der Waals surface area contributed by atoms with Crippen molar-refractivity contribution in [3.05, 3.63) is 94.3 Å². The van der Waals surface area contributed by atoms with Crippen molar-refractivity contribution in [2.24, 2.45) is 0 Å². The van der Waals surface area contributed by atoms with Crippen LogP contribution in [-0.2, 0) is 12.0 Å². The third-order valence-corrected chi connectivity index (χ3v) is 7.18. The maximum Gasteiger partial charge on any atom is 0.326 e. The largest absolute Gasteiger partial charge is 0.326 e. The molecule has 7 heteroatoms. The van der Waals surface area contributed by atoms with Gasteiger partial charge in [-0.05, 0) is 91.7 Å². The Morgan fingerprint density at radius 3 is 2.44 bits per heavy atom. The van der Waals surface area contributed by atoms with E-state index >= 15 is 0 Å². The lowest BCUT2D eigenvalue weighted by molar-refractivity contribution is 0.160. The van der Waals surface area contributed by atoms with Gasteiger partial charge in [-0.1, -0.05) is 23.7 Å². The Balaban J connectivity index is 1.32. The monoisotopic (exact) mass is 474 g/mol. The fourth-order valence-corrected chi connectivity index (χ4v) is 5.18. The van der Waals surface area contributed by atoms with Gasteiger partial charge in [0.15, 0.2) is 0 Å². The first kappa shape index (κ1) is 22.4. The molecule has 1 fully saturated rings. The molecule has 1 spiro atoms. The van der Waals surface area contributed by atoms with Crippen molar-refractivity contribution in [2.45, 2.75) is 24.8 Å². The summed E-state index contributed by atoms with van der Waals surface area (Å²) in [5.74, 6) is -0.280. The van der Waals surface area contributed by atoms with Crippen LogP contribution in [0.25, 0.3) is 0 Å². The van der Waals surface area contributed by atoms with Gasteiger partial charge in [-0.3, -0.25) is 9.80 Å². The van der Waals surface area contributed by atoms with Crippen LogP contribution in [0, 0.1) is 17.1 Å². The molecular formula is C27H24ClFN4O. The SMILES string of the molecule is N#Cc1ccc(CN2CCC3(CC2)CN(C(=O)Nc2ccc(Cl)cc2)c2ccc(F)cc23)cc1. The van der Waals surface area contributed by atoms with E-state index in [0.29, 0.717) is 22.8 Å². The standard InChI is InChI=1S/C27H24ClFN4O/c28-21-5-8-23(9-6-21)31-26(34)33-18-27(24-15-22(29)7-10-25(24)33)11-13-32(14-12-27)17-20-3-1-19(16-30)2-4-20/h1-10,15H,11-14,17-18H2,(H,31,34). The number of carbonyl (C=O) groups is 1. The highest BCUT2D eigenvalue weighted by Crippen LogP contribution is 2.47. The summed E-state index contributed by atoms with van der Waals surface area (Å²) in [4.78, 5) is 17.3. The first-order valence-electron chi connectivity index (χ1n) is 11.3. The van der Waals surface area contributed by atoms with E-state index in [1.807, 2.05) is 24.3 Å². The van der Waals surface area contributed by atoms with Crippen molar-refractivity contribution >= 4 is 29.0 Å². The van der Waals surface area contributed by atoms with Crippen LogP contribution in [0.4, 0.5) is 20.6 Å². The zero-order chi connectivity index (χ0) is 23.7. The maximum absolute atomic E-state index is 14.3. The average molecular weight is 475 g/mol. The van der Waals surface area contributed by atoms with Crippen molar-refractivity contribution in [2.75, 3.05) is 29.9 Å². The lowest BCUT2D eigenvalue weighted by Crippen LogP contribution is -2.46. The number of carbonyl (C=O) groups excluding carboxylic acids is 1. The van der Waals surface area contributed by atoms with Crippen molar-refractivity contribution in [3.8, 4) is 6.07 Å². The Hall–Kier alpha value is -3.40. The summed E-state index contributed by atoms with van der Waals surface area (Å²) >= 11 is 5.96. The minimum Gasteiger partial charge on any atom is -0.308 e. The molecule has 0 saturated carbocycles. The van der Waals surface area contributed by atoms with E-state index in [-0.39, 0.29) is 17.3 Å². The van der Waals surface area contributed by atoms with Gasteiger partial charge in [-0.15, -0.1) is 0 Å². The average Bonchev–Trinajstić information content (AvgIpc) is 3.16. The molecular weight excluding hydrogens is 451 g/mol. The van der Waals surface area contributed by atoms with Gasteiger partial charge in [0, 0.05) is 34.9 Å². The van der Waals surface area contributed by atoms with Gasteiger partial charge in [-0.2, -0.15) is 5.26 Å². The van der Waals surface area contributed by atoms with Crippen LogP contribution in [-0.4, -0.2) is 30.6 Å².